The lowest BCUT2D eigenvalue weighted by molar-refractivity contribution is -0.134. The highest BCUT2D eigenvalue weighted by molar-refractivity contribution is 6.03. The van der Waals surface area contributed by atoms with Crippen LogP contribution in [0.2, 0.25) is 0 Å². The van der Waals surface area contributed by atoms with Crippen LogP contribution in [0.1, 0.15) is 42.9 Å². The predicted molar refractivity (Wildman–Crippen MR) is 110 cm³/mol. The lowest BCUT2D eigenvalue weighted by Gasteiger charge is -2.29. The Morgan fingerprint density at radius 3 is 2.41 bits per heavy atom. The van der Waals surface area contributed by atoms with E-state index in [2.05, 4.69) is 10.0 Å². The van der Waals surface area contributed by atoms with Crippen LogP contribution in [0.5, 0.6) is 5.75 Å². The van der Waals surface area contributed by atoms with Gasteiger partial charge in [0.05, 0.1) is 25.4 Å². The number of methoxy groups -OCH3 is 1. The SMILES string of the molecule is COc1ccc([C@H]2CC(c3ccc(F)cc3)=NN2C(=O)CN2CCCCC2)cc1. The zero-order valence-corrected chi connectivity index (χ0v) is 16.7. The number of hydrogen-bond acceptors (Lipinski definition) is 4. The first-order valence-corrected chi connectivity index (χ1v) is 10.2. The summed E-state index contributed by atoms with van der Waals surface area (Å²) in [6.07, 6.45) is 4.11. The maximum Gasteiger partial charge on any atom is 0.257 e. The van der Waals surface area contributed by atoms with Gasteiger partial charge in [0, 0.05) is 6.42 Å². The van der Waals surface area contributed by atoms with E-state index in [4.69, 9.17) is 4.74 Å². The second kappa shape index (κ2) is 8.74. The normalized spacial score (nSPS) is 19.9. The monoisotopic (exact) mass is 395 g/mol. The molecule has 4 rings (SSSR count). The zero-order chi connectivity index (χ0) is 20.2. The maximum atomic E-state index is 13.3. The van der Waals surface area contributed by atoms with E-state index in [-0.39, 0.29) is 17.8 Å². The number of benzene rings is 2. The summed E-state index contributed by atoms with van der Waals surface area (Å²) in [7, 11) is 1.63. The summed E-state index contributed by atoms with van der Waals surface area (Å²) < 4.78 is 18.6. The second-order valence-electron chi connectivity index (χ2n) is 7.62. The molecule has 0 radical (unpaired) electrons. The van der Waals surface area contributed by atoms with Gasteiger partial charge in [-0.15, -0.1) is 0 Å². The van der Waals surface area contributed by atoms with Gasteiger partial charge in [-0.05, 0) is 61.3 Å². The van der Waals surface area contributed by atoms with Crippen molar-refractivity contribution >= 4 is 11.6 Å². The van der Waals surface area contributed by atoms with Crippen LogP contribution < -0.4 is 4.74 Å². The summed E-state index contributed by atoms with van der Waals surface area (Å²) in [6.45, 7) is 2.30. The van der Waals surface area contributed by atoms with Crippen LogP contribution in [0.3, 0.4) is 0 Å². The first-order chi connectivity index (χ1) is 14.1. The quantitative estimate of drug-likeness (QED) is 0.769. The molecule has 2 heterocycles. The summed E-state index contributed by atoms with van der Waals surface area (Å²) in [4.78, 5) is 15.4. The summed E-state index contributed by atoms with van der Waals surface area (Å²) in [5.41, 5.74) is 2.66. The minimum atomic E-state index is -0.280. The van der Waals surface area contributed by atoms with E-state index >= 15 is 0 Å². The molecule has 0 bridgehead atoms. The van der Waals surface area contributed by atoms with E-state index in [0.717, 1.165) is 48.5 Å². The van der Waals surface area contributed by atoms with Crippen LogP contribution in [-0.4, -0.2) is 48.3 Å². The molecule has 0 N–H and O–H groups in total. The fraction of sp³-hybridized carbons (Fsp3) is 0.391. The van der Waals surface area contributed by atoms with Crippen LogP contribution in [0.25, 0.3) is 0 Å². The highest BCUT2D eigenvalue weighted by Crippen LogP contribution is 2.34. The number of carbonyl (C=O) groups excluding carboxylic acids is 1. The third-order valence-corrected chi connectivity index (χ3v) is 5.65. The Kier molecular flexibility index (Phi) is 5.90. The van der Waals surface area contributed by atoms with Gasteiger partial charge >= 0.3 is 0 Å². The van der Waals surface area contributed by atoms with Crippen molar-refractivity contribution in [3.63, 3.8) is 0 Å². The molecule has 6 heteroatoms. The number of rotatable bonds is 5. The Morgan fingerprint density at radius 2 is 1.76 bits per heavy atom. The van der Waals surface area contributed by atoms with Crippen molar-refractivity contribution in [2.24, 2.45) is 5.10 Å². The molecule has 2 aromatic rings. The number of carbonyl (C=O) groups is 1. The van der Waals surface area contributed by atoms with Gasteiger partial charge in [-0.3, -0.25) is 9.69 Å². The molecule has 0 spiro atoms. The topological polar surface area (TPSA) is 45.1 Å². The first-order valence-electron chi connectivity index (χ1n) is 10.2. The fourth-order valence-electron chi connectivity index (χ4n) is 4.02. The van der Waals surface area contributed by atoms with Crippen molar-refractivity contribution in [2.75, 3.05) is 26.7 Å². The molecule has 0 aliphatic carbocycles. The average molecular weight is 395 g/mol. The van der Waals surface area contributed by atoms with Crippen LogP contribution in [0, 0.1) is 5.82 Å². The van der Waals surface area contributed by atoms with Crippen molar-refractivity contribution in [1.29, 1.82) is 0 Å². The highest BCUT2D eigenvalue weighted by atomic mass is 19.1. The number of piperidine rings is 1. The van der Waals surface area contributed by atoms with Gasteiger partial charge < -0.3 is 4.74 Å². The molecule has 1 amide bonds. The molecule has 0 unspecified atom stereocenters. The number of halogens is 1. The Balaban J connectivity index is 1.59. The van der Waals surface area contributed by atoms with Crippen molar-refractivity contribution in [2.45, 2.75) is 31.7 Å². The Hall–Kier alpha value is -2.73. The standard InChI is InChI=1S/C23H26FN3O2/c1-29-20-11-7-18(8-12-20)22-15-21(17-5-9-19(24)10-6-17)25-27(22)23(28)16-26-13-3-2-4-14-26/h5-12,22H,2-4,13-16H2,1H3/t22-/m1/s1. The lowest BCUT2D eigenvalue weighted by Crippen LogP contribution is -2.40. The molecule has 1 fully saturated rings. The summed E-state index contributed by atoms with van der Waals surface area (Å²) in [5.74, 6) is 0.500. The summed E-state index contributed by atoms with van der Waals surface area (Å²) in [6, 6.07) is 13.9. The minimum absolute atomic E-state index is 0.00447. The zero-order valence-electron chi connectivity index (χ0n) is 16.7. The number of likely N-dealkylation sites (tertiary alicyclic amines) is 1. The Labute approximate surface area is 170 Å². The van der Waals surface area contributed by atoms with Crippen molar-refractivity contribution < 1.29 is 13.9 Å². The predicted octanol–water partition coefficient (Wildman–Crippen LogP) is 4.00. The molecular formula is C23H26FN3O2. The molecule has 1 saturated heterocycles. The number of hydrogen-bond donors (Lipinski definition) is 0. The third kappa shape index (κ3) is 4.48. The van der Waals surface area contributed by atoms with Crippen LogP contribution >= 0.6 is 0 Å². The largest absolute Gasteiger partial charge is 0.497 e. The second-order valence-corrected chi connectivity index (χ2v) is 7.62. The third-order valence-electron chi connectivity index (χ3n) is 5.65. The molecule has 5 nitrogen and oxygen atoms in total. The molecular weight excluding hydrogens is 369 g/mol. The average Bonchev–Trinajstić information content (AvgIpc) is 3.21. The van der Waals surface area contributed by atoms with Gasteiger partial charge in [-0.1, -0.05) is 30.7 Å². The van der Waals surface area contributed by atoms with Gasteiger partial charge in [0.25, 0.3) is 5.91 Å². The molecule has 29 heavy (non-hydrogen) atoms. The van der Waals surface area contributed by atoms with Gasteiger partial charge in [0.2, 0.25) is 0 Å². The molecule has 2 aliphatic heterocycles. The molecule has 152 valence electrons. The number of nitrogens with zero attached hydrogens (tertiary/aromatic N) is 3. The molecule has 2 aromatic carbocycles. The van der Waals surface area contributed by atoms with E-state index in [1.54, 1.807) is 24.3 Å². The van der Waals surface area contributed by atoms with Crippen LogP contribution in [-0.2, 0) is 4.79 Å². The maximum absolute atomic E-state index is 13.3. The van der Waals surface area contributed by atoms with Gasteiger partial charge in [0.15, 0.2) is 0 Å². The van der Waals surface area contributed by atoms with Gasteiger partial charge in [-0.2, -0.15) is 5.10 Å². The lowest BCUT2D eigenvalue weighted by atomic mass is 9.98. The van der Waals surface area contributed by atoms with Crippen LogP contribution in [0.15, 0.2) is 53.6 Å². The summed E-state index contributed by atoms with van der Waals surface area (Å²) in [5, 5.41) is 6.29. The number of ether oxygens (including phenoxy) is 1. The Morgan fingerprint density at radius 1 is 1.07 bits per heavy atom. The smallest absolute Gasteiger partial charge is 0.257 e. The van der Waals surface area contributed by atoms with E-state index in [1.165, 1.54) is 18.6 Å². The molecule has 0 aromatic heterocycles. The minimum Gasteiger partial charge on any atom is -0.497 e. The molecule has 1 atom stereocenters. The van der Waals surface area contributed by atoms with E-state index in [0.29, 0.717) is 13.0 Å². The van der Waals surface area contributed by atoms with E-state index < -0.39 is 0 Å². The van der Waals surface area contributed by atoms with Crippen molar-refractivity contribution in [3.8, 4) is 5.75 Å². The van der Waals surface area contributed by atoms with Crippen molar-refractivity contribution in [1.82, 2.24) is 9.91 Å². The van der Waals surface area contributed by atoms with Crippen LogP contribution in [0.4, 0.5) is 4.39 Å². The molecule has 0 saturated carbocycles. The highest BCUT2D eigenvalue weighted by Gasteiger charge is 2.33. The number of hydrazone groups is 1. The fourth-order valence-corrected chi connectivity index (χ4v) is 4.02. The van der Waals surface area contributed by atoms with Gasteiger partial charge in [0.1, 0.15) is 11.6 Å². The molecule has 2 aliphatic rings. The Bertz CT molecular complexity index is 874. The number of amides is 1. The van der Waals surface area contributed by atoms with E-state index in [9.17, 15) is 9.18 Å². The van der Waals surface area contributed by atoms with Gasteiger partial charge in [-0.25, -0.2) is 9.40 Å². The summed E-state index contributed by atoms with van der Waals surface area (Å²) >= 11 is 0. The van der Waals surface area contributed by atoms with E-state index in [1.807, 2.05) is 24.3 Å². The van der Waals surface area contributed by atoms with Crippen molar-refractivity contribution in [3.05, 3.63) is 65.5 Å². The first kappa shape index (κ1) is 19.6.